The Balaban J connectivity index is 3.26. The van der Waals surface area contributed by atoms with Gasteiger partial charge in [-0.1, -0.05) is 0 Å². The molecule has 0 heterocycles. The molecule has 17 heavy (non-hydrogen) atoms. The first-order chi connectivity index (χ1) is 7.95. The van der Waals surface area contributed by atoms with E-state index in [-0.39, 0.29) is 12.6 Å². The standard InChI is InChI=1S/C10H20F3NO3/c1-9(7-14-8-10(11,12)13)17-6-5-16-4-3-15-2/h9,14H,3-8H2,1-2H3. The van der Waals surface area contributed by atoms with Crippen molar-refractivity contribution in [3.63, 3.8) is 0 Å². The number of methoxy groups -OCH3 is 1. The lowest BCUT2D eigenvalue weighted by Crippen LogP contribution is -2.35. The van der Waals surface area contributed by atoms with Gasteiger partial charge in [-0.25, -0.2) is 0 Å². The number of hydrogen-bond donors (Lipinski definition) is 1. The van der Waals surface area contributed by atoms with E-state index < -0.39 is 12.7 Å². The maximum atomic E-state index is 11.8. The molecule has 4 nitrogen and oxygen atoms in total. The molecule has 0 aromatic rings. The SMILES string of the molecule is COCCOCCOC(C)CNCC(F)(F)F. The predicted octanol–water partition coefficient (Wildman–Crippen LogP) is 1.21. The van der Waals surface area contributed by atoms with Crippen LogP contribution in [0.2, 0.25) is 0 Å². The van der Waals surface area contributed by atoms with Crippen molar-refractivity contribution in [3.05, 3.63) is 0 Å². The average Bonchev–Trinajstić information content (AvgIpc) is 2.21. The van der Waals surface area contributed by atoms with Crippen molar-refractivity contribution in [2.45, 2.75) is 19.2 Å². The molecule has 0 aliphatic heterocycles. The molecule has 0 aromatic carbocycles. The van der Waals surface area contributed by atoms with Gasteiger partial charge < -0.3 is 19.5 Å². The van der Waals surface area contributed by atoms with Gasteiger partial charge in [-0.3, -0.25) is 0 Å². The summed E-state index contributed by atoms with van der Waals surface area (Å²) in [6, 6.07) is 0. The third-order valence-electron chi connectivity index (χ3n) is 1.82. The lowest BCUT2D eigenvalue weighted by atomic mass is 10.4. The summed E-state index contributed by atoms with van der Waals surface area (Å²) < 4.78 is 50.5. The molecular formula is C10H20F3NO3. The normalized spacial score (nSPS) is 13.9. The maximum absolute atomic E-state index is 11.8. The first-order valence-electron chi connectivity index (χ1n) is 5.41. The highest BCUT2D eigenvalue weighted by Crippen LogP contribution is 2.12. The molecule has 7 heteroatoms. The Labute approximate surface area is 99.4 Å². The molecule has 1 atom stereocenters. The quantitative estimate of drug-likeness (QED) is 0.599. The van der Waals surface area contributed by atoms with E-state index in [1.165, 1.54) is 0 Å². The summed E-state index contributed by atoms with van der Waals surface area (Å²) in [6.07, 6.45) is -4.45. The minimum atomic E-state index is -4.18. The molecule has 0 saturated heterocycles. The van der Waals surface area contributed by atoms with Crippen molar-refractivity contribution in [1.29, 1.82) is 0 Å². The van der Waals surface area contributed by atoms with Gasteiger partial charge >= 0.3 is 6.18 Å². The summed E-state index contributed by atoms with van der Waals surface area (Å²) in [4.78, 5) is 0. The average molecular weight is 259 g/mol. The van der Waals surface area contributed by atoms with Gasteiger partial charge in [0.2, 0.25) is 0 Å². The summed E-state index contributed by atoms with van der Waals surface area (Å²) in [7, 11) is 1.58. The van der Waals surface area contributed by atoms with Crippen molar-refractivity contribution in [1.82, 2.24) is 5.32 Å². The van der Waals surface area contributed by atoms with Gasteiger partial charge in [-0.05, 0) is 6.92 Å². The van der Waals surface area contributed by atoms with Crippen LogP contribution in [0.5, 0.6) is 0 Å². The van der Waals surface area contributed by atoms with Gasteiger partial charge in [-0.15, -0.1) is 0 Å². The van der Waals surface area contributed by atoms with Crippen LogP contribution in [0.1, 0.15) is 6.92 Å². The zero-order valence-electron chi connectivity index (χ0n) is 10.2. The largest absolute Gasteiger partial charge is 0.401 e. The zero-order chi connectivity index (χ0) is 13.1. The number of alkyl halides is 3. The Morgan fingerprint density at radius 3 is 2.35 bits per heavy atom. The van der Waals surface area contributed by atoms with Gasteiger partial charge in [0.15, 0.2) is 0 Å². The third kappa shape index (κ3) is 13.6. The fourth-order valence-corrected chi connectivity index (χ4v) is 1.03. The van der Waals surface area contributed by atoms with E-state index >= 15 is 0 Å². The number of halogens is 3. The fourth-order valence-electron chi connectivity index (χ4n) is 1.03. The van der Waals surface area contributed by atoms with Crippen LogP contribution in [0.25, 0.3) is 0 Å². The third-order valence-corrected chi connectivity index (χ3v) is 1.82. The molecule has 0 fully saturated rings. The highest BCUT2D eigenvalue weighted by atomic mass is 19.4. The Morgan fingerprint density at radius 1 is 1.12 bits per heavy atom. The van der Waals surface area contributed by atoms with E-state index in [2.05, 4.69) is 5.32 Å². The van der Waals surface area contributed by atoms with E-state index in [1.54, 1.807) is 14.0 Å². The minimum Gasteiger partial charge on any atom is -0.382 e. The Bertz CT molecular complexity index is 179. The monoisotopic (exact) mass is 259 g/mol. The summed E-state index contributed by atoms with van der Waals surface area (Å²) in [5.41, 5.74) is 0. The van der Waals surface area contributed by atoms with Crippen LogP contribution in [0.15, 0.2) is 0 Å². The van der Waals surface area contributed by atoms with E-state index in [4.69, 9.17) is 14.2 Å². The molecule has 0 aromatic heterocycles. The van der Waals surface area contributed by atoms with Crippen LogP contribution in [-0.2, 0) is 14.2 Å². The van der Waals surface area contributed by atoms with Gasteiger partial charge in [0.05, 0.1) is 39.1 Å². The van der Waals surface area contributed by atoms with Crippen molar-refractivity contribution < 1.29 is 27.4 Å². The summed E-state index contributed by atoms with van der Waals surface area (Å²) in [6.45, 7) is 2.65. The Morgan fingerprint density at radius 2 is 1.76 bits per heavy atom. The summed E-state index contributed by atoms with van der Waals surface area (Å²) >= 11 is 0. The maximum Gasteiger partial charge on any atom is 0.401 e. The summed E-state index contributed by atoms with van der Waals surface area (Å²) in [5.74, 6) is 0. The van der Waals surface area contributed by atoms with Crippen LogP contribution in [0.4, 0.5) is 13.2 Å². The van der Waals surface area contributed by atoms with Crippen molar-refractivity contribution >= 4 is 0 Å². The number of hydrogen-bond acceptors (Lipinski definition) is 4. The Kier molecular flexibility index (Phi) is 9.43. The summed E-state index contributed by atoms with van der Waals surface area (Å²) in [5, 5.41) is 2.28. The number of rotatable bonds is 10. The van der Waals surface area contributed by atoms with Gasteiger partial charge in [-0.2, -0.15) is 13.2 Å². The molecule has 0 aliphatic carbocycles. The predicted molar refractivity (Wildman–Crippen MR) is 57.0 cm³/mol. The van der Waals surface area contributed by atoms with E-state index in [0.717, 1.165) is 0 Å². The molecule has 0 radical (unpaired) electrons. The van der Waals surface area contributed by atoms with Crippen LogP contribution >= 0.6 is 0 Å². The Hall–Kier alpha value is -0.370. The van der Waals surface area contributed by atoms with E-state index in [0.29, 0.717) is 26.4 Å². The van der Waals surface area contributed by atoms with Crippen LogP contribution < -0.4 is 5.32 Å². The highest BCUT2D eigenvalue weighted by molar-refractivity contribution is 4.59. The van der Waals surface area contributed by atoms with Crippen LogP contribution in [0.3, 0.4) is 0 Å². The molecule has 1 N–H and O–H groups in total. The highest BCUT2D eigenvalue weighted by Gasteiger charge is 2.26. The minimum absolute atomic E-state index is 0.164. The van der Waals surface area contributed by atoms with Crippen molar-refractivity contribution in [2.24, 2.45) is 0 Å². The number of ether oxygens (including phenoxy) is 3. The number of nitrogens with one attached hydrogen (secondary N) is 1. The van der Waals surface area contributed by atoms with Gasteiger partial charge in [0.1, 0.15) is 0 Å². The topological polar surface area (TPSA) is 39.7 Å². The lowest BCUT2D eigenvalue weighted by molar-refractivity contribution is -0.125. The second kappa shape index (κ2) is 9.64. The van der Waals surface area contributed by atoms with Gasteiger partial charge in [0.25, 0.3) is 0 Å². The lowest BCUT2D eigenvalue weighted by Gasteiger charge is -2.15. The molecule has 1 unspecified atom stereocenters. The van der Waals surface area contributed by atoms with Gasteiger partial charge in [0, 0.05) is 13.7 Å². The van der Waals surface area contributed by atoms with Crippen molar-refractivity contribution in [3.8, 4) is 0 Å². The first kappa shape index (κ1) is 16.6. The fraction of sp³-hybridized carbons (Fsp3) is 1.00. The smallest absolute Gasteiger partial charge is 0.382 e. The zero-order valence-corrected chi connectivity index (χ0v) is 10.2. The molecular weight excluding hydrogens is 239 g/mol. The molecule has 0 bridgehead atoms. The second-order valence-electron chi connectivity index (χ2n) is 3.53. The van der Waals surface area contributed by atoms with Crippen molar-refractivity contribution in [2.75, 3.05) is 46.6 Å². The molecule has 104 valence electrons. The van der Waals surface area contributed by atoms with Crippen LogP contribution in [0, 0.1) is 0 Å². The molecule has 0 rings (SSSR count). The second-order valence-corrected chi connectivity index (χ2v) is 3.53. The van der Waals surface area contributed by atoms with E-state index in [9.17, 15) is 13.2 Å². The molecule has 0 amide bonds. The van der Waals surface area contributed by atoms with Crippen LogP contribution in [-0.4, -0.2) is 58.9 Å². The first-order valence-corrected chi connectivity index (χ1v) is 5.41. The molecule has 0 spiro atoms. The molecule has 0 aliphatic rings. The van der Waals surface area contributed by atoms with E-state index in [1.807, 2.05) is 0 Å². The molecule has 0 saturated carbocycles.